The maximum absolute atomic E-state index is 13.0. The van der Waals surface area contributed by atoms with Gasteiger partial charge in [0.2, 0.25) is 5.13 Å². The van der Waals surface area contributed by atoms with Crippen LogP contribution in [0.5, 0.6) is 0 Å². The van der Waals surface area contributed by atoms with Gasteiger partial charge in [0.25, 0.3) is 0 Å². The number of esters is 1. The van der Waals surface area contributed by atoms with Crippen LogP contribution in [-0.4, -0.2) is 23.8 Å². The second-order valence-corrected chi connectivity index (χ2v) is 6.48. The predicted molar refractivity (Wildman–Crippen MR) is 106 cm³/mol. The van der Waals surface area contributed by atoms with Crippen molar-refractivity contribution < 1.29 is 13.9 Å². The van der Waals surface area contributed by atoms with Gasteiger partial charge in [0.05, 0.1) is 24.9 Å². The smallest absolute Gasteiger partial charge is 0.311 e. The molecule has 0 radical (unpaired) electrons. The predicted octanol–water partition coefficient (Wildman–Crippen LogP) is 4.50. The summed E-state index contributed by atoms with van der Waals surface area (Å²) in [6.07, 6.45) is 1.83. The van der Waals surface area contributed by atoms with Gasteiger partial charge in [-0.15, -0.1) is 11.3 Å². The van der Waals surface area contributed by atoms with E-state index in [4.69, 9.17) is 4.74 Å². The van der Waals surface area contributed by atoms with Gasteiger partial charge in [-0.2, -0.15) is 5.10 Å². The van der Waals surface area contributed by atoms with E-state index in [0.717, 1.165) is 16.7 Å². The Morgan fingerprint density at radius 3 is 2.52 bits per heavy atom. The summed E-state index contributed by atoms with van der Waals surface area (Å²) in [5.41, 5.74) is 6.38. The van der Waals surface area contributed by atoms with Crippen LogP contribution in [0.4, 0.5) is 9.52 Å². The molecular formula is C20H18FN3O2S. The topological polar surface area (TPSA) is 63.6 Å². The van der Waals surface area contributed by atoms with Crippen LogP contribution in [-0.2, 0) is 16.0 Å². The van der Waals surface area contributed by atoms with Crippen molar-refractivity contribution >= 4 is 28.7 Å². The van der Waals surface area contributed by atoms with Crippen molar-refractivity contribution in [3.8, 4) is 11.1 Å². The van der Waals surface area contributed by atoms with Crippen LogP contribution in [0, 0.1) is 5.82 Å². The number of hydrogen-bond donors (Lipinski definition) is 1. The fraction of sp³-hybridized carbons (Fsp3) is 0.150. The number of carbonyl (C=O) groups excluding carboxylic acids is 1. The number of halogens is 1. The number of nitrogens with one attached hydrogen (secondary N) is 1. The Kier molecular flexibility index (Phi) is 6.27. The second kappa shape index (κ2) is 9.05. The van der Waals surface area contributed by atoms with E-state index in [-0.39, 0.29) is 18.2 Å². The van der Waals surface area contributed by atoms with Crippen LogP contribution in [0.1, 0.15) is 18.2 Å². The first kappa shape index (κ1) is 18.7. The average molecular weight is 383 g/mol. The van der Waals surface area contributed by atoms with E-state index in [1.54, 1.807) is 30.7 Å². The van der Waals surface area contributed by atoms with E-state index in [1.165, 1.54) is 23.5 Å². The van der Waals surface area contributed by atoms with Crippen LogP contribution in [0.25, 0.3) is 11.1 Å². The molecule has 0 spiro atoms. The molecular weight excluding hydrogens is 365 g/mol. The number of nitrogens with zero attached hydrogens (tertiary/aromatic N) is 2. The summed E-state index contributed by atoms with van der Waals surface area (Å²) in [5, 5.41) is 6.56. The molecule has 27 heavy (non-hydrogen) atoms. The molecule has 0 atom stereocenters. The van der Waals surface area contributed by atoms with Gasteiger partial charge in [-0.05, 0) is 35.7 Å². The zero-order chi connectivity index (χ0) is 19.1. The van der Waals surface area contributed by atoms with E-state index in [1.807, 2.05) is 24.3 Å². The number of hydrazone groups is 1. The minimum absolute atomic E-state index is 0.153. The molecule has 0 bridgehead atoms. The zero-order valence-corrected chi connectivity index (χ0v) is 15.5. The first-order valence-electron chi connectivity index (χ1n) is 8.39. The van der Waals surface area contributed by atoms with Gasteiger partial charge in [0.15, 0.2) is 0 Å². The van der Waals surface area contributed by atoms with E-state index in [9.17, 15) is 9.18 Å². The Bertz CT molecular complexity index is 921. The fourth-order valence-corrected chi connectivity index (χ4v) is 3.02. The molecule has 0 amide bonds. The lowest BCUT2D eigenvalue weighted by atomic mass is 10.0. The number of carbonyl (C=O) groups is 1. The molecule has 3 rings (SSSR count). The largest absolute Gasteiger partial charge is 0.466 e. The van der Waals surface area contributed by atoms with E-state index >= 15 is 0 Å². The molecule has 138 valence electrons. The average Bonchev–Trinajstić information content (AvgIpc) is 3.10. The second-order valence-electron chi connectivity index (χ2n) is 5.62. The Morgan fingerprint density at radius 1 is 1.19 bits per heavy atom. The number of benzene rings is 2. The maximum atomic E-state index is 13.0. The molecule has 0 saturated carbocycles. The van der Waals surface area contributed by atoms with Crippen LogP contribution in [0.2, 0.25) is 0 Å². The fourth-order valence-electron chi connectivity index (χ4n) is 2.37. The number of anilines is 1. The molecule has 1 heterocycles. The standard InChI is InChI=1S/C20H18FN3O2S/c1-2-26-19(25)11-18-13-27-20(23-18)24-22-12-14-3-5-15(6-4-14)16-7-9-17(21)10-8-16/h3-10,12-13H,2,11H2,1H3,(H,23,24). The van der Waals surface area contributed by atoms with Crippen molar-refractivity contribution in [3.05, 3.63) is 71.0 Å². The summed E-state index contributed by atoms with van der Waals surface area (Å²) in [6, 6.07) is 14.1. The van der Waals surface area contributed by atoms with Gasteiger partial charge in [0, 0.05) is 5.38 Å². The molecule has 7 heteroatoms. The third-order valence-electron chi connectivity index (χ3n) is 3.64. The van der Waals surface area contributed by atoms with Crippen LogP contribution < -0.4 is 5.43 Å². The molecule has 2 aromatic carbocycles. The molecule has 0 unspecified atom stereocenters. The number of thiazole rings is 1. The quantitative estimate of drug-likeness (QED) is 0.371. The maximum Gasteiger partial charge on any atom is 0.311 e. The van der Waals surface area contributed by atoms with Crippen molar-refractivity contribution in [1.29, 1.82) is 0 Å². The first-order chi connectivity index (χ1) is 13.1. The van der Waals surface area contributed by atoms with Gasteiger partial charge in [-0.1, -0.05) is 36.4 Å². The van der Waals surface area contributed by atoms with Crippen LogP contribution >= 0.6 is 11.3 Å². The lowest BCUT2D eigenvalue weighted by Gasteiger charge is -2.02. The minimum atomic E-state index is -0.293. The first-order valence-corrected chi connectivity index (χ1v) is 9.27. The number of hydrogen-bond acceptors (Lipinski definition) is 6. The summed E-state index contributed by atoms with van der Waals surface area (Å²) in [6.45, 7) is 2.13. The normalized spacial score (nSPS) is 10.9. The molecule has 1 N–H and O–H groups in total. The zero-order valence-electron chi connectivity index (χ0n) is 14.7. The molecule has 1 aromatic heterocycles. The van der Waals surface area contributed by atoms with E-state index < -0.39 is 0 Å². The van der Waals surface area contributed by atoms with Gasteiger partial charge < -0.3 is 4.74 Å². The lowest BCUT2D eigenvalue weighted by molar-refractivity contribution is -0.142. The third-order valence-corrected chi connectivity index (χ3v) is 4.44. The summed E-state index contributed by atoms with van der Waals surface area (Å²) in [5.74, 6) is -0.541. The molecule has 0 fully saturated rings. The monoisotopic (exact) mass is 383 g/mol. The molecule has 0 saturated heterocycles. The van der Waals surface area contributed by atoms with Crippen LogP contribution in [0.15, 0.2) is 59.0 Å². The summed E-state index contributed by atoms with van der Waals surface area (Å²) in [4.78, 5) is 15.7. The highest BCUT2D eigenvalue weighted by Gasteiger charge is 2.07. The van der Waals surface area contributed by atoms with Crippen LogP contribution in [0.3, 0.4) is 0 Å². The third kappa shape index (κ3) is 5.46. The van der Waals surface area contributed by atoms with E-state index in [2.05, 4.69) is 15.5 Å². The van der Waals surface area contributed by atoms with Gasteiger partial charge in [0.1, 0.15) is 5.82 Å². The van der Waals surface area contributed by atoms with Gasteiger partial charge in [-0.25, -0.2) is 9.37 Å². The number of ether oxygens (including phenoxy) is 1. The SMILES string of the molecule is CCOC(=O)Cc1csc(NN=Cc2ccc(-c3ccc(F)cc3)cc2)n1. The Labute approximate surface area is 160 Å². The van der Waals surface area contributed by atoms with Crippen molar-refractivity contribution in [3.63, 3.8) is 0 Å². The number of rotatable bonds is 7. The highest BCUT2D eigenvalue weighted by molar-refractivity contribution is 7.13. The Balaban J connectivity index is 1.56. The number of aromatic nitrogens is 1. The molecule has 0 aliphatic rings. The minimum Gasteiger partial charge on any atom is -0.466 e. The molecule has 0 aliphatic carbocycles. The van der Waals surface area contributed by atoms with Crippen molar-refractivity contribution in [2.45, 2.75) is 13.3 Å². The van der Waals surface area contributed by atoms with Gasteiger partial charge in [-0.3, -0.25) is 10.2 Å². The lowest BCUT2D eigenvalue weighted by Crippen LogP contribution is -2.07. The van der Waals surface area contributed by atoms with Crippen molar-refractivity contribution in [1.82, 2.24) is 4.98 Å². The summed E-state index contributed by atoms with van der Waals surface area (Å²) < 4.78 is 17.9. The molecule has 3 aromatic rings. The van der Waals surface area contributed by atoms with Gasteiger partial charge >= 0.3 is 5.97 Å². The summed E-state index contributed by atoms with van der Waals surface area (Å²) >= 11 is 1.37. The highest BCUT2D eigenvalue weighted by atomic mass is 32.1. The summed E-state index contributed by atoms with van der Waals surface area (Å²) in [7, 11) is 0. The molecule has 5 nitrogen and oxygen atoms in total. The Morgan fingerprint density at radius 2 is 1.85 bits per heavy atom. The Hall–Kier alpha value is -3.06. The highest BCUT2D eigenvalue weighted by Crippen LogP contribution is 2.20. The molecule has 0 aliphatic heterocycles. The van der Waals surface area contributed by atoms with E-state index in [0.29, 0.717) is 17.4 Å². The van der Waals surface area contributed by atoms with Crippen molar-refractivity contribution in [2.24, 2.45) is 5.10 Å². The van der Waals surface area contributed by atoms with Crippen molar-refractivity contribution in [2.75, 3.05) is 12.0 Å².